The van der Waals surface area contributed by atoms with Crippen LogP contribution < -0.4 is 5.32 Å². The minimum absolute atomic E-state index is 0.00719. The number of esters is 1. The van der Waals surface area contributed by atoms with E-state index in [2.05, 4.69) is 16.6 Å². The van der Waals surface area contributed by atoms with Crippen molar-refractivity contribution in [3.05, 3.63) is 83.6 Å². The Morgan fingerprint density at radius 3 is 2.02 bits per heavy atom. The molecule has 0 spiro atoms. The number of aliphatic hydroxyl groups is 1. The molecule has 0 aliphatic carbocycles. The van der Waals surface area contributed by atoms with Crippen LogP contribution in [0.5, 0.6) is 0 Å². The number of carbonyl (C=O) groups excluding carboxylic acids is 1. The summed E-state index contributed by atoms with van der Waals surface area (Å²) in [7, 11) is 0. The summed E-state index contributed by atoms with van der Waals surface area (Å²) in [4.78, 5) is 12.2. The van der Waals surface area contributed by atoms with Crippen molar-refractivity contribution in [1.82, 2.24) is 5.32 Å². The van der Waals surface area contributed by atoms with Crippen molar-refractivity contribution >= 4 is 5.97 Å². The molecule has 0 radical (unpaired) electrons. The van der Waals surface area contributed by atoms with E-state index in [-0.39, 0.29) is 44.2 Å². The van der Waals surface area contributed by atoms with Crippen molar-refractivity contribution in [3.63, 3.8) is 0 Å². The van der Waals surface area contributed by atoms with E-state index < -0.39 is 46.7 Å². The summed E-state index contributed by atoms with van der Waals surface area (Å²) in [6.07, 6.45) is -9.43. The number of β-amino-alcohol motifs (C(OH)–C–C–N with tert-alkyl or cyclic N) is 1. The number of halogens is 6. The van der Waals surface area contributed by atoms with Crippen LogP contribution in [0, 0.1) is 0 Å². The van der Waals surface area contributed by atoms with Gasteiger partial charge in [0.05, 0.1) is 48.9 Å². The minimum Gasteiger partial charge on any atom is -0.502 e. The Kier molecular flexibility index (Phi) is 11.8. The van der Waals surface area contributed by atoms with Gasteiger partial charge >= 0.3 is 18.3 Å². The molecule has 1 aliphatic heterocycles. The molecular formula is C29H35F6NO5. The van der Waals surface area contributed by atoms with Crippen molar-refractivity contribution < 1.29 is 50.5 Å². The molecule has 12 heteroatoms. The zero-order valence-electron chi connectivity index (χ0n) is 23.1. The van der Waals surface area contributed by atoms with Crippen molar-refractivity contribution in [3.8, 4) is 0 Å². The summed E-state index contributed by atoms with van der Waals surface area (Å²) in [6.45, 7) is 8.71. The van der Waals surface area contributed by atoms with Gasteiger partial charge in [-0.1, -0.05) is 36.9 Å². The fourth-order valence-corrected chi connectivity index (χ4v) is 4.26. The molecule has 3 rings (SSSR count). The molecule has 1 unspecified atom stereocenters. The van der Waals surface area contributed by atoms with Crippen molar-refractivity contribution in [2.75, 3.05) is 26.4 Å². The number of ether oxygens (including phenoxy) is 3. The first-order valence-corrected chi connectivity index (χ1v) is 13.0. The monoisotopic (exact) mass is 591 g/mol. The number of carbonyl (C=O) groups is 1. The van der Waals surface area contributed by atoms with Gasteiger partial charge in [-0.05, 0) is 62.9 Å². The van der Waals surface area contributed by atoms with Gasteiger partial charge in [0.15, 0.2) is 5.60 Å². The molecule has 1 fully saturated rings. The molecule has 0 amide bonds. The highest BCUT2D eigenvalue weighted by Gasteiger charge is 2.48. The van der Waals surface area contributed by atoms with Crippen LogP contribution in [0.2, 0.25) is 0 Å². The van der Waals surface area contributed by atoms with Gasteiger partial charge in [0, 0.05) is 6.54 Å². The van der Waals surface area contributed by atoms with Crippen molar-refractivity contribution in [2.45, 2.75) is 63.2 Å². The third-order valence-corrected chi connectivity index (χ3v) is 6.61. The van der Waals surface area contributed by atoms with Crippen LogP contribution in [-0.2, 0) is 36.9 Å². The largest absolute Gasteiger partial charge is 0.502 e. The second kappa shape index (κ2) is 14.2. The summed E-state index contributed by atoms with van der Waals surface area (Å²) in [6, 6.07) is 10.2. The standard InChI is InChI=1S/C25H27F6NO4.C4H8O/c1-3-35-21(33)23(34)10-9-22(32-14-23,18-7-5-4-6-8-18)15-36-16(2)17-11-19(24(26,27)28)13-20(12-17)25(29,30)31;1-3-5-4-2/h4-8,11-13,16,32,34H,3,9-10,14-15H2,1-2H3;3H,1,4H2,2H3/t16-,22-,23?;/m1./s1. The van der Waals surface area contributed by atoms with Gasteiger partial charge < -0.3 is 24.6 Å². The van der Waals surface area contributed by atoms with Crippen LogP contribution in [0.4, 0.5) is 26.3 Å². The second-order valence-corrected chi connectivity index (χ2v) is 9.47. The Hall–Kier alpha value is -3.09. The van der Waals surface area contributed by atoms with E-state index in [9.17, 15) is 36.2 Å². The first-order chi connectivity index (χ1) is 19.1. The zero-order chi connectivity index (χ0) is 30.9. The SMILES string of the molecule is C=COCC.CCOC(=O)C1(O)CC[C@@](CO[C@H](C)c2cc(C(F)(F)F)cc(C(F)(F)F)c2)(c2ccccc2)NC1. The maximum atomic E-state index is 13.3. The summed E-state index contributed by atoms with van der Waals surface area (Å²) < 4.78 is 95.0. The van der Waals surface area contributed by atoms with Gasteiger partial charge in [0.1, 0.15) is 0 Å². The molecule has 228 valence electrons. The highest BCUT2D eigenvalue weighted by Crippen LogP contribution is 2.39. The topological polar surface area (TPSA) is 77.0 Å². The molecule has 0 bridgehead atoms. The lowest BCUT2D eigenvalue weighted by Gasteiger charge is -2.44. The maximum Gasteiger partial charge on any atom is 0.416 e. The maximum absolute atomic E-state index is 13.3. The van der Waals surface area contributed by atoms with Gasteiger partial charge in [0.2, 0.25) is 0 Å². The third-order valence-electron chi connectivity index (χ3n) is 6.61. The highest BCUT2D eigenvalue weighted by atomic mass is 19.4. The average molecular weight is 592 g/mol. The van der Waals surface area contributed by atoms with Gasteiger partial charge in [-0.3, -0.25) is 0 Å². The van der Waals surface area contributed by atoms with E-state index in [1.807, 2.05) is 6.92 Å². The molecule has 0 saturated carbocycles. The lowest BCUT2D eigenvalue weighted by molar-refractivity contribution is -0.169. The minimum atomic E-state index is -4.97. The molecule has 1 heterocycles. The number of benzene rings is 2. The van der Waals surface area contributed by atoms with Crippen LogP contribution in [0.15, 0.2) is 61.4 Å². The summed E-state index contributed by atoms with van der Waals surface area (Å²) in [5.74, 6) is -0.780. The highest BCUT2D eigenvalue weighted by molar-refractivity contribution is 5.79. The normalized spacial score (nSPS) is 21.7. The van der Waals surface area contributed by atoms with Crippen LogP contribution in [0.25, 0.3) is 0 Å². The molecule has 41 heavy (non-hydrogen) atoms. The third kappa shape index (κ3) is 9.20. The van der Waals surface area contributed by atoms with Crippen LogP contribution in [0.3, 0.4) is 0 Å². The van der Waals surface area contributed by atoms with E-state index in [1.165, 1.54) is 13.2 Å². The number of piperidine rings is 1. The van der Waals surface area contributed by atoms with Gasteiger partial charge in [-0.2, -0.15) is 26.3 Å². The molecule has 2 N–H and O–H groups in total. The predicted molar refractivity (Wildman–Crippen MR) is 140 cm³/mol. The van der Waals surface area contributed by atoms with Crippen LogP contribution in [0.1, 0.15) is 62.0 Å². The lowest BCUT2D eigenvalue weighted by atomic mass is 9.78. The van der Waals surface area contributed by atoms with Crippen molar-refractivity contribution in [2.24, 2.45) is 0 Å². The Labute approximate surface area is 235 Å². The summed E-state index contributed by atoms with van der Waals surface area (Å²) >= 11 is 0. The molecule has 0 aromatic heterocycles. The van der Waals surface area contributed by atoms with E-state index in [0.717, 1.165) is 12.2 Å². The van der Waals surface area contributed by atoms with Gasteiger partial charge in [-0.15, -0.1) is 0 Å². The van der Waals surface area contributed by atoms with E-state index >= 15 is 0 Å². The van der Waals surface area contributed by atoms with E-state index in [4.69, 9.17) is 9.47 Å². The molecule has 1 aliphatic rings. The molecule has 2 aromatic rings. The summed E-state index contributed by atoms with van der Waals surface area (Å²) in [5.41, 5.74) is -5.13. The van der Waals surface area contributed by atoms with Crippen molar-refractivity contribution in [1.29, 1.82) is 0 Å². The van der Waals surface area contributed by atoms with Gasteiger partial charge in [0.25, 0.3) is 0 Å². The number of hydrogen-bond acceptors (Lipinski definition) is 6. The number of hydrogen-bond donors (Lipinski definition) is 2. The van der Waals surface area contributed by atoms with Crippen LogP contribution in [-0.4, -0.2) is 43.0 Å². The first kappa shape index (κ1) is 34.1. The molecule has 6 nitrogen and oxygen atoms in total. The Bertz CT molecular complexity index is 1100. The quantitative estimate of drug-likeness (QED) is 0.196. The molecule has 2 aromatic carbocycles. The Morgan fingerprint density at radius 2 is 1.61 bits per heavy atom. The number of rotatable bonds is 9. The average Bonchev–Trinajstić information content (AvgIpc) is 2.93. The smallest absolute Gasteiger partial charge is 0.416 e. The molecule has 1 saturated heterocycles. The first-order valence-electron chi connectivity index (χ1n) is 13.0. The predicted octanol–water partition coefficient (Wildman–Crippen LogP) is 6.54. The Morgan fingerprint density at radius 1 is 1.02 bits per heavy atom. The number of nitrogens with one attached hydrogen (secondary N) is 1. The fourth-order valence-electron chi connectivity index (χ4n) is 4.26. The second-order valence-electron chi connectivity index (χ2n) is 9.47. The van der Waals surface area contributed by atoms with Crippen LogP contribution >= 0.6 is 0 Å². The lowest BCUT2D eigenvalue weighted by Crippen LogP contribution is -2.61. The number of alkyl halides is 6. The van der Waals surface area contributed by atoms with E-state index in [0.29, 0.717) is 12.1 Å². The summed E-state index contributed by atoms with van der Waals surface area (Å²) in [5, 5.41) is 13.8. The van der Waals surface area contributed by atoms with E-state index in [1.54, 1.807) is 37.3 Å². The van der Waals surface area contributed by atoms with Gasteiger partial charge in [-0.25, -0.2) is 4.79 Å². The Balaban J connectivity index is 0.00000108. The molecular weight excluding hydrogens is 556 g/mol. The zero-order valence-corrected chi connectivity index (χ0v) is 23.1. The fraction of sp³-hybridized carbons (Fsp3) is 0.483. The molecule has 3 atom stereocenters.